The number of rotatable bonds is 8. The Balaban J connectivity index is 1.40. The van der Waals surface area contributed by atoms with E-state index in [1.54, 1.807) is 44.2 Å². The van der Waals surface area contributed by atoms with Crippen molar-refractivity contribution in [2.75, 3.05) is 25.1 Å². The van der Waals surface area contributed by atoms with Crippen LogP contribution in [0.1, 0.15) is 45.8 Å². The van der Waals surface area contributed by atoms with Crippen LogP contribution in [0.15, 0.2) is 72.8 Å². The van der Waals surface area contributed by atoms with E-state index in [1.807, 2.05) is 12.1 Å². The third-order valence-corrected chi connectivity index (χ3v) is 8.66. The number of hydrogen-bond donors (Lipinski definition) is 1. The number of carbonyl (C=O) groups excluding carboxylic acids is 1. The molecule has 0 spiro atoms. The lowest BCUT2D eigenvalue weighted by Crippen LogP contribution is -2.56. The number of methoxy groups -OCH3 is 1. The molecular formula is C35H30F5N3O5. The second kappa shape index (κ2) is 12.1. The zero-order valence-corrected chi connectivity index (χ0v) is 26.0. The van der Waals surface area contributed by atoms with Crippen LogP contribution in [0.25, 0.3) is 22.3 Å². The summed E-state index contributed by atoms with van der Waals surface area (Å²) in [4.78, 5) is 32.2. The molecule has 1 N–H and O–H groups in total. The standard InChI is InChI=1S/C35H30F5N3O5/c1-19-13-23(32(44)45)7-9-25(19)21-8-11-29(47-3)27(15-21)26-10-12-30(42-17-34(36,37)18-42)41-28(26)16-43-20(2)31(48-33(43)46)22-5-4-6-24(14-22)35(38,39)40/h4-15,20,31H,16-18H2,1-3H3,(H,44,45)/t20-,31?/m0/s1. The Hall–Kier alpha value is -5.20. The highest BCUT2D eigenvalue weighted by atomic mass is 19.4. The van der Waals surface area contributed by atoms with E-state index in [0.717, 1.165) is 23.3 Å². The van der Waals surface area contributed by atoms with Gasteiger partial charge in [-0.15, -0.1) is 0 Å². The fraction of sp³-hybridized carbons (Fsp3) is 0.286. The summed E-state index contributed by atoms with van der Waals surface area (Å²) in [7, 11) is 1.48. The molecule has 2 aliphatic heterocycles. The number of carboxylic acid groups (broad SMARTS) is 1. The number of benzene rings is 3. The summed E-state index contributed by atoms with van der Waals surface area (Å²) in [5.41, 5.74) is 3.06. The Kier molecular flexibility index (Phi) is 8.26. The van der Waals surface area contributed by atoms with Crippen LogP contribution in [-0.2, 0) is 17.5 Å². The molecule has 3 heterocycles. The van der Waals surface area contributed by atoms with E-state index in [4.69, 9.17) is 14.5 Å². The van der Waals surface area contributed by atoms with Gasteiger partial charge in [0.2, 0.25) is 0 Å². The van der Waals surface area contributed by atoms with E-state index in [2.05, 4.69) is 0 Å². The summed E-state index contributed by atoms with van der Waals surface area (Å²) in [6.07, 6.45) is -6.36. The SMILES string of the molecule is COc1ccc(-c2ccc(C(=O)O)cc2C)cc1-c1ccc(N2CC(F)(F)C2)nc1CN1C(=O)OC(c2cccc(C(F)(F)F)c2)[C@@H]1C. The molecule has 2 fully saturated rings. The maximum Gasteiger partial charge on any atom is 0.416 e. The molecule has 1 amide bonds. The first-order valence-corrected chi connectivity index (χ1v) is 14.9. The van der Waals surface area contributed by atoms with E-state index < -0.39 is 55.0 Å². The maximum absolute atomic E-state index is 13.8. The normalized spacial score (nSPS) is 18.8. The Labute approximate surface area is 272 Å². The number of aromatic carboxylic acids is 1. The molecule has 2 aliphatic rings. The number of carbonyl (C=O) groups is 2. The Bertz CT molecular complexity index is 1910. The number of ether oxygens (including phenoxy) is 2. The van der Waals surface area contributed by atoms with Crippen LogP contribution in [0.4, 0.5) is 32.6 Å². The number of pyridine rings is 1. The summed E-state index contributed by atoms with van der Waals surface area (Å²) < 4.78 is 79.2. The van der Waals surface area contributed by atoms with E-state index in [0.29, 0.717) is 28.1 Å². The van der Waals surface area contributed by atoms with E-state index in [-0.39, 0.29) is 23.5 Å². The molecular weight excluding hydrogens is 637 g/mol. The Morgan fingerprint density at radius 1 is 1.02 bits per heavy atom. The monoisotopic (exact) mass is 667 g/mol. The number of carboxylic acids is 1. The highest BCUT2D eigenvalue weighted by Crippen LogP contribution is 2.41. The first kappa shape index (κ1) is 32.7. The number of hydrogen-bond acceptors (Lipinski definition) is 6. The van der Waals surface area contributed by atoms with Crippen molar-refractivity contribution in [1.29, 1.82) is 0 Å². The lowest BCUT2D eigenvalue weighted by molar-refractivity contribution is -0.137. The molecule has 13 heteroatoms. The predicted molar refractivity (Wildman–Crippen MR) is 166 cm³/mol. The number of aromatic nitrogens is 1. The molecule has 2 atom stereocenters. The molecule has 0 bridgehead atoms. The van der Waals surface area contributed by atoms with Gasteiger partial charge in [0.05, 0.1) is 49.6 Å². The zero-order valence-electron chi connectivity index (χ0n) is 26.0. The summed E-state index contributed by atoms with van der Waals surface area (Å²) in [6, 6.07) is 17.3. The first-order chi connectivity index (χ1) is 22.6. The van der Waals surface area contributed by atoms with Gasteiger partial charge in [0.25, 0.3) is 5.92 Å². The van der Waals surface area contributed by atoms with Crippen LogP contribution in [0.5, 0.6) is 5.75 Å². The van der Waals surface area contributed by atoms with Crippen LogP contribution < -0.4 is 9.64 Å². The lowest BCUT2D eigenvalue weighted by atomic mass is 9.93. The van der Waals surface area contributed by atoms with Gasteiger partial charge in [0.1, 0.15) is 17.7 Å². The predicted octanol–water partition coefficient (Wildman–Crippen LogP) is 7.99. The Morgan fingerprint density at radius 3 is 2.40 bits per heavy atom. The van der Waals surface area contributed by atoms with Crippen molar-refractivity contribution >= 4 is 17.9 Å². The molecule has 250 valence electrons. The molecule has 6 rings (SSSR count). The van der Waals surface area contributed by atoms with Crippen molar-refractivity contribution in [3.05, 3.63) is 101 Å². The molecule has 1 unspecified atom stereocenters. The molecule has 48 heavy (non-hydrogen) atoms. The van der Waals surface area contributed by atoms with Gasteiger partial charge in [-0.25, -0.2) is 23.4 Å². The van der Waals surface area contributed by atoms with Gasteiger partial charge in [-0.2, -0.15) is 13.2 Å². The number of amides is 1. The minimum atomic E-state index is -4.58. The van der Waals surface area contributed by atoms with Crippen LogP contribution in [0.3, 0.4) is 0 Å². The van der Waals surface area contributed by atoms with Crippen LogP contribution >= 0.6 is 0 Å². The Morgan fingerprint density at radius 2 is 1.75 bits per heavy atom. The molecule has 8 nitrogen and oxygen atoms in total. The van der Waals surface area contributed by atoms with Crippen molar-refractivity contribution in [2.24, 2.45) is 0 Å². The lowest BCUT2D eigenvalue weighted by Gasteiger charge is -2.39. The molecule has 4 aromatic rings. The first-order valence-electron chi connectivity index (χ1n) is 14.9. The van der Waals surface area contributed by atoms with Gasteiger partial charge < -0.3 is 19.5 Å². The third-order valence-electron chi connectivity index (χ3n) is 8.66. The van der Waals surface area contributed by atoms with Crippen molar-refractivity contribution in [2.45, 2.75) is 44.6 Å². The van der Waals surface area contributed by atoms with E-state index in [9.17, 15) is 36.6 Å². The van der Waals surface area contributed by atoms with Crippen molar-refractivity contribution in [3.63, 3.8) is 0 Å². The molecule has 1 aromatic heterocycles. The number of halogens is 5. The number of cyclic esters (lactones) is 1. The van der Waals surface area contributed by atoms with Crippen molar-refractivity contribution in [3.8, 4) is 28.0 Å². The minimum Gasteiger partial charge on any atom is -0.496 e. The van der Waals surface area contributed by atoms with Gasteiger partial charge in [-0.05, 0) is 84.6 Å². The van der Waals surface area contributed by atoms with Gasteiger partial charge in [-0.1, -0.05) is 24.3 Å². The van der Waals surface area contributed by atoms with Gasteiger partial charge in [-0.3, -0.25) is 4.90 Å². The van der Waals surface area contributed by atoms with Crippen molar-refractivity contribution in [1.82, 2.24) is 9.88 Å². The second-order valence-corrected chi connectivity index (χ2v) is 11.9. The molecule has 0 aliphatic carbocycles. The van der Waals surface area contributed by atoms with Crippen LogP contribution in [0.2, 0.25) is 0 Å². The topological polar surface area (TPSA) is 92.2 Å². The van der Waals surface area contributed by atoms with Gasteiger partial charge in [0.15, 0.2) is 0 Å². The quantitative estimate of drug-likeness (QED) is 0.191. The summed E-state index contributed by atoms with van der Waals surface area (Å²) in [6.45, 7) is 2.24. The number of anilines is 1. The zero-order chi connectivity index (χ0) is 34.5. The van der Waals surface area contributed by atoms with Crippen LogP contribution in [-0.4, -0.2) is 59.2 Å². The highest BCUT2D eigenvalue weighted by Gasteiger charge is 2.45. The highest BCUT2D eigenvalue weighted by molar-refractivity contribution is 5.89. The molecule has 3 aromatic carbocycles. The fourth-order valence-corrected chi connectivity index (χ4v) is 6.13. The molecule has 0 saturated carbocycles. The smallest absolute Gasteiger partial charge is 0.416 e. The summed E-state index contributed by atoms with van der Waals surface area (Å²) in [5, 5.41) is 9.40. The minimum absolute atomic E-state index is 0.138. The average Bonchev–Trinajstić information content (AvgIpc) is 3.31. The maximum atomic E-state index is 13.8. The summed E-state index contributed by atoms with van der Waals surface area (Å²) in [5.74, 6) is -3.20. The number of nitrogens with zero attached hydrogens (tertiary/aromatic N) is 3. The molecule has 0 radical (unpaired) electrons. The third kappa shape index (κ3) is 6.24. The van der Waals surface area contributed by atoms with Gasteiger partial charge >= 0.3 is 18.2 Å². The number of alkyl halides is 5. The average molecular weight is 668 g/mol. The summed E-state index contributed by atoms with van der Waals surface area (Å²) >= 11 is 0. The largest absolute Gasteiger partial charge is 0.496 e. The van der Waals surface area contributed by atoms with E-state index >= 15 is 0 Å². The number of aryl methyl sites for hydroxylation is 1. The fourth-order valence-electron chi connectivity index (χ4n) is 6.13. The molecule has 2 saturated heterocycles. The van der Waals surface area contributed by atoms with Gasteiger partial charge in [0, 0.05) is 11.1 Å². The van der Waals surface area contributed by atoms with Crippen LogP contribution in [0, 0.1) is 6.92 Å². The van der Waals surface area contributed by atoms with Crippen molar-refractivity contribution < 1.29 is 46.1 Å². The second-order valence-electron chi connectivity index (χ2n) is 11.9. The van der Waals surface area contributed by atoms with E-state index in [1.165, 1.54) is 35.1 Å².